The highest BCUT2D eigenvalue weighted by atomic mass is 35.5. The SMILES string of the molecule is COc1nc(-c2cccc(-c3cccc(NC(=O)c4ccnn(C)c4=O)c3C)c2Cl)cnc1C=O. The summed E-state index contributed by atoms with van der Waals surface area (Å²) in [5.41, 5.74) is 3.39. The quantitative estimate of drug-likeness (QED) is 0.408. The van der Waals surface area contributed by atoms with Crippen LogP contribution in [0.1, 0.15) is 26.4 Å². The summed E-state index contributed by atoms with van der Waals surface area (Å²) in [7, 11) is 2.89. The van der Waals surface area contributed by atoms with Gasteiger partial charge in [-0.1, -0.05) is 41.9 Å². The van der Waals surface area contributed by atoms with Crippen molar-refractivity contribution in [2.24, 2.45) is 7.05 Å². The van der Waals surface area contributed by atoms with Crippen LogP contribution in [0.3, 0.4) is 0 Å². The van der Waals surface area contributed by atoms with Crippen LogP contribution in [-0.4, -0.2) is 39.1 Å². The molecule has 9 nitrogen and oxygen atoms in total. The van der Waals surface area contributed by atoms with Crippen LogP contribution in [0.15, 0.2) is 59.7 Å². The van der Waals surface area contributed by atoms with Crippen LogP contribution in [0.5, 0.6) is 5.88 Å². The third-order valence-electron chi connectivity index (χ3n) is 5.47. The zero-order chi connectivity index (χ0) is 25.1. The molecule has 4 aromatic rings. The minimum atomic E-state index is -0.536. The lowest BCUT2D eigenvalue weighted by atomic mass is 9.96. The number of amides is 1. The summed E-state index contributed by atoms with van der Waals surface area (Å²) in [6.07, 6.45) is 3.42. The molecule has 0 fully saturated rings. The monoisotopic (exact) mass is 489 g/mol. The van der Waals surface area contributed by atoms with Gasteiger partial charge >= 0.3 is 0 Å². The minimum Gasteiger partial charge on any atom is -0.479 e. The van der Waals surface area contributed by atoms with Gasteiger partial charge in [0, 0.05) is 30.1 Å². The second-order valence-electron chi connectivity index (χ2n) is 7.54. The van der Waals surface area contributed by atoms with Gasteiger partial charge in [-0.15, -0.1) is 0 Å². The van der Waals surface area contributed by atoms with Crippen molar-refractivity contribution in [1.29, 1.82) is 0 Å². The molecule has 4 rings (SSSR count). The maximum Gasteiger partial charge on any atom is 0.279 e. The number of hydrogen-bond acceptors (Lipinski definition) is 7. The lowest BCUT2D eigenvalue weighted by Gasteiger charge is -2.15. The molecule has 1 N–H and O–H groups in total. The number of nitrogens with zero attached hydrogens (tertiary/aromatic N) is 4. The molecule has 0 atom stereocenters. The summed E-state index contributed by atoms with van der Waals surface area (Å²) in [6.45, 7) is 1.85. The number of nitrogens with one attached hydrogen (secondary N) is 1. The van der Waals surface area contributed by atoms with Gasteiger partial charge in [-0.05, 0) is 30.2 Å². The average Bonchev–Trinajstić information content (AvgIpc) is 2.87. The van der Waals surface area contributed by atoms with Crippen molar-refractivity contribution < 1.29 is 14.3 Å². The van der Waals surface area contributed by atoms with Gasteiger partial charge in [0.1, 0.15) is 5.56 Å². The number of benzene rings is 2. The normalized spacial score (nSPS) is 10.6. The Balaban J connectivity index is 1.74. The van der Waals surface area contributed by atoms with E-state index in [1.807, 2.05) is 25.1 Å². The lowest BCUT2D eigenvalue weighted by molar-refractivity contribution is 0.102. The maximum atomic E-state index is 12.8. The van der Waals surface area contributed by atoms with E-state index in [1.165, 1.54) is 32.6 Å². The molecule has 0 spiro atoms. The fraction of sp³-hybridized carbons (Fsp3) is 0.120. The first kappa shape index (κ1) is 23.8. The number of aldehydes is 1. The number of aryl methyl sites for hydroxylation is 1. The van der Waals surface area contributed by atoms with E-state index in [1.54, 1.807) is 18.2 Å². The van der Waals surface area contributed by atoms with Gasteiger partial charge in [0.05, 0.1) is 24.0 Å². The van der Waals surface area contributed by atoms with E-state index in [0.717, 1.165) is 15.8 Å². The molecule has 0 bridgehead atoms. The van der Waals surface area contributed by atoms with Gasteiger partial charge < -0.3 is 10.1 Å². The van der Waals surface area contributed by atoms with Crippen LogP contribution in [0.2, 0.25) is 5.02 Å². The molecule has 10 heteroatoms. The molecule has 0 unspecified atom stereocenters. The topological polar surface area (TPSA) is 116 Å². The van der Waals surface area contributed by atoms with Crippen molar-refractivity contribution in [1.82, 2.24) is 19.7 Å². The molecule has 0 aliphatic carbocycles. The summed E-state index contributed by atoms with van der Waals surface area (Å²) in [4.78, 5) is 44.6. The number of methoxy groups -OCH3 is 1. The average molecular weight is 490 g/mol. The van der Waals surface area contributed by atoms with Gasteiger partial charge in [0.25, 0.3) is 11.5 Å². The van der Waals surface area contributed by atoms with Gasteiger partial charge in [-0.3, -0.25) is 14.4 Å². The zero-order valence-electron chi connectivity index (χ0n) is 19.1. The van der Waals surface area contributed by atoms with E-state index in [-0.39, 0.29) is 17.1 Å². The summed E-state index contributed by atoms with van der Waals surface area (Å²) < 4.78 is 6.26. The minimum absolute atomic E-state index is 0.0152. The molecule has 0 aliphatic heterocycles. The number of aromatic nitrogens is 4. The van der Waals surface area contributed by atoms with Gasteiger partial charge in [0.2, 0.25) is 5.88 Å². The predicted molar refractivity (Wildman–Crippen MR) is 132 cm³/mol. The molecule has 2 aromatic heterocycles. The second-order valence-corrected chi connectivity index (χ2v) is 7.92. The predicted octanol–water partition coefficient (Wildman–Crippen LogP) is 3.94. The van der Waals surface area contributed by atoms with Crippen LogP contribution in [0.25, 0.3) is 22.4 Å². The number of anilines is 1. The number of rotatable bonds is 6. The Morgan fingerprint density at radius 1 is 1.11 bits per heavy atom. The molecular formula is C25H20ClN5O4. The Bertz CT molecular complexity index is 1520. The third-order valence-corrected chi connectivity index (χ3v) is 5.88. The molecule has 176 valence electrons. The number of carbonyl (C=O) groups excluding carboxylic acids is 2. The van der Waals surface area contributed by atoms with Crippen LogP contribution in [0.4, 0.5) is 5.69 Å². The van der Waals surface area contributed by atoms with E-state index >= 15 is 0 Å². The highest BCUT2D eigenvalue weighted by Crippen LogP contribution is 2.38. The smallest absolute Gasteiger partial charge is 0.279 e. The summed E-state index contributed by atoms with van der Waals surface area (Å²) in [5, 5.41) is 7.06. The van der Waals surface area contributed by atoms with Crippen LogP contribution in [-0.2, 0) is 7.05 Å². The molecule has 0 radical (unpaired) electrons. The molecule has 0 saturated heterocycles. The van der Waals surface area contributed by atoms with Crippen molar-refractivity contribution in [3.05, 3.63) is 87.1 Å². The third kappa shape index (κ3) is 4.53. The molecule has 0 saturated carbocycles. The van der Waals surface area contributed by atoms with E-state index in [2.05, 4.69) is 20.4 Å². The van der Waals surface area contributed by atoms with Crippen LogP contribution in [0, 0.1) is 6.92 Å². The fourth-order valence-electron chi connectivity index (χ4n) is 3.61. The highest BCUT2D eigenvalue weighted by molar-refractivity contribution is 6.36. The van der Waals surface area contributed by atoms with Crippen LogP contribution >= 0.6 is 11.6 Å². The molecule has 0 aliphatic rings. The van der Waals surface area contributed by atoms with Gasteiger partial charge in [-0.2, -0.15) is 5.10 Å². The molecule has 2 heterocycles. The molecule has 35 heavy (non-hydrogen) atoms. The van der Waals surface area contributed by atoms with E-state index in [0.29, 0.717) is 33.8 Å². The maximum absolute atomic E-state index is 12.8. The van der Waals surface area contributed by atoms with E-state index < -0.39 is 11.5 Å². The first-order chi connectivity index (χ1) is 16.8. The highest BCUT2D eigenvalue weighted by Gasteiger charge is 2.18. The second kappa shape index (κ2) is 9.86. The number of halogens is 1. The van der Waals surface area contributed by atoms with Crippen LogP contribution < -0.4 is 15.6 Å². The molecule has 2 aromatic carbocycles. The van der Waals surface area contributed by atoms with Gasteiger partial charge in [-0.25, -0.2) is 14.6 Å². The number of hydrogen-bond donors (Lipinski definition) is 1. The summed E-state index contributed by atoms with van der Waals surface area (Å²) >= 11 is 6.79. The number of carbonyl (C=O) groups is 2. The fourth-order valence-corrected chi connectivity index (χ4v) is 3.94. The van der Waals surface area contributed by atoms with E-state index in [4.69, 9.17) is 16.3 Å². The lowest BCUT2D eigenvalue weighted by Crippen LogP contribution is -2.28. The summed E-state index contributed by atoms with van der Waals surface area (Å²) in [5.74, 6) is -0.437. The van der Waals surface area contributed by atoms with Crippen molar-refractivity contribution >= 4 is 29.5 Å². The standard InChI is InChI=1S/C25H20ClN5O4/c1-14-15(6-5-9-19(14)29-23(33)18-10-11-28-31(2)25(18)34)16-7-4-8-17(22(16)26)20-12-27-21(13-32)24(30-20)35-3/h4-13H,1-3H3,(H,29,33). The Morgan fingerprint density at radius 3 is 2.57 bits per heavy atom. The Labute approximate surface area is 205 Å². The summed E-state index contributed by atoms with van der Waals surface area (Å²) in [6, 6.07) is 12.2. The Hall–Kier alpha value is -4.37. The van der Waals surface area contributed by atoms with Crippen molar-refractivity contribution in [2.45, 2.75) is 6.92 Å². The van der Waals surface area contributed by atoms with Crippen molar-refractivity contribution in [3.63, 3.8) is 0 Å². The van der Waals surface area contributed by atoms with E-state index in [9.17, 15) is 14.4 Å². The zero-order valence-corrected chi connectivity index (χ0v) is 19.8. The first-order valence-corrected chi connectivity index (χ1v) is 10.8. The van der Waals surface area contributed by atoms with Gasteiger partial charge in [0.15, 0.2) is 12.0 Å². The largest absolute Gasteiger partial charge is 0.479 e. The van der Waals surface area contributed by atoms with Crippen molar-refractivity contribution in [2.75, 3.05) is 12.4 Å². The first-order valence-electron chi connectivity index (χ1n) is 10.4. The van der Waals surface area contributed by atoms with Crippen molar-refractivity contribution in [3.8, 4) is 28.3 Å². The Kier molecular flexibility index (Phi) is 6.70. The number of ether oxygens (including phenoxy) is 1. The molecular weight excluding hydrogens is 470 g/mol. The Morgan fingerprint density at radius 2 is 1.83 bits per heavy atom. The molecule has 1 amide bonds.